The number of phenols is 1. The minimum Gasteiger partial charge on any atom is -0.504 e. The molecule has 0 saturated carbocycles. The van der Waals surface area contributed by atoms with Crippen LogP contribution in [0.1, 0.15) is 12.5 Å². The van der Waals surface area contributed by atoms with Gasteiger partial charge in [0.05, 0.1) is 24.7 Å². The number of hydrogen-bond donors (Lipinski definition) is 2. The minimum absolute atomic E-state index is 0.0931. The van der Waals surface area contributed by atoms with E-state index >= 15 is 0 Å². The topological polar surface area (TPSA) is 135 Å². The van der Waals surface area contributed by atoms with Crippen molar-refractivity contribution in [3.8, 4) is 23.3 Å². The normalized spacial score (nSPS) is 10.7. The van der Waals surface area contributed by atoms with Crippen LogP contribution in [-0.4, -0.2) is 29.7 Å². The third kappa shape index (κ3) is 4.76. The van der Waals surface area contributed by atoms with E-state index in [1.807, 2.05) is 6.92 Å². The van der Waals surface area contributed by atoms with Gasteiger partial charge >= 0.3 is 0 Å². The van der Waals surface area contributed by atoms with Gasteiger partial charge in [0.1, 0.15) is 17.4 Å². The summed E-state index contributed by atoms with van der Waals surface area (Å²) < 4.78 is 10.2. The Balaban J connectivity index is 2.32. The number of nitrogens with zero attached hydrogens (tertiary/aromatic N) is 2. The summed E-state index contributed by atoms with van der Waals surface area (Å²) >= 11 is 0. The molecule has 0 aliphatic heterocycles. The van der Waals surface area contributed by atoms with Crippen molar-refractivity contribution in [2.45, 2.75) is 6.92 Å². The predicted molar refractivity (Wildman–Crippen MR) is 101 cm³/mol. The Morgan fingerprint density at radius 2 is 2.04 bits per heavy atom. The molecule has 9 heteroatoms. The third-order valence-electron chi connectivity index (χ3n) is 3.61. The number of hydrogen-bond acceptors (Lipinski definition) is 7. The lowest BCUT2D eigenvalue weighted by molar-refractivity contribution is -0.385. The van der Waals surface area contributed by atoms with E-state index in [4.69, 9.17) is 9.47 Å². The van der Waals surface area contributed by atoms with Gasteiger partial charge in [-0.1, -0.05) is 0 Å². The number of non-ortho nitro benzene ring substituents is 1. The molecular weight excluding hydrogens is 366 g/mol. The molecular formula is C19H17N3O6. The number of carbonyl (C=O) groups excluding carboxylic acids is 1. The van der Waals surface area contributed by atoms with E-state index in [0.29, 0.717) is 18.0 Å². The molecule has 2 rings (SSSR count). The van der Waals surface area contributed by atoms with E-state index in [0.717, 1.165) is 18.2 Å². The molecule has 0 bridgehead atoms. The first-order chi connectivity index (χ1) is 13.4. The van der Waals surface area contributed by atoms with Gasteiger partial charge in [-0.05, 0) is 37.3 Å². The van der Waals surface area contributed by atoms with Crippen LogP contribution >= 0.6 is 0 Å². The molecule has 2 N–H and O–H groups in total. The molecule has 0 aliphatic carbocycles. The number of nitro benzene ring substituents is 1. The van der Waals surface area contributed by atoms with Crippen molar-refractivity contribution < 1.29 is 24.3 Å². The molecule has 144 valence electrons. The van der Waals surface area contributed by atoms with E-state index in [9.17, 15) is 25.3 Å². The number of amides is 1. The molecule has 0 heterocycles. The maximum Gasteiger partial charge on any atom is 0.274 e. The summed E-state index contributed by atoms with van der Waals surface area (Å²) in [5, 5.41) is 33.0. The van der Waals surface area contributed by atoms with Crippen molar-refractivity contribution >= 4 is 23.4 Å². The fourth-order valence-electron chi connectivity index (χ4n) is 2.29. The number of nitriles is 1. The van der Waals surface area contributed by atoms with Gasteiger partial charge < -0.3 is 19.9 Å². The quantitative estimate of drug-likeness (QED) is 0.324. The van der Waals surface area contributed by atoms with E-state index in [-0.39, 0.29) is 22.6 Å². The number of carbonyl (C=O) groups is 1. The second kappa shape index (κ2) is 9.05. The Morgan fingerprint density at radius 1 is 1.36 bits per heavy atom. The maximum absolute atomic E-state index is 12.4. The Labute approximate surface area is 160 Å². The maximum atomic E-state index is 12.4. The number of nitrogens with one attached hydrogen (secondary N) is 1. The van der Waals surface area contributed by atoms with Crippen LogP contribution in [-0.2, 0) is 4.79 Å². The fraction of sp³-hybridized carbons (Fsp3) is 0.158. The zero-order valence-electron chi connectivity index (χ0n) is 15.1. The Hall–Kier alpha value is -4.06. The average molecular weight is 383 g/mol. The van der Waals surface area contributed by atoms with E-state index in [2.05, 4.69) is 5.32 Å². The molecule has 0 radical (unpaired) electrons. The fourth-order valence-corrected chi connectivity index (χ4v) is 2.29. The number of benzene rings is 2. The first-order valence-electron chi connectivity index (χ1n) is 8.11. The SMILES string of the molecule is CCOc1ccc(NC(=O)/C(C#N)=C\c2cc([N+](=O)[O-])cc(OC)c2O)cc1. The van der Waals surface area contributed by atoms with Crippen molar-refractivity contribution in [2.75, 3.05) is 19.0 Å². The smallest absolute Gasteiger partial charge is 0.274 e. The highest BCUT2D eigenvalue weighted by molar-refractivity contribution is 6.10. The first kappa shape index (κ1) is 20.3. The van der Waals surface area contributed by atoms with Crippen molar-refractivity contribution in [1.82, 2.24) is 0 Å². The number of rotatable bonds is 7. The lowest BCUT2D eigenvalue weighted by Gasteiger charge is -2.08. The molecule has 0 atom stereocenters. The zero-order chi connectivity index (χ0) is 20.7. The second-order valence-corrected chi connectivity index (χ2v) is 5.42. The van der Waals surface area contributed by atoms with Gasteiger partial charge in [-0.25, -0.2) is 0 Å². The molecule has 1 amide bonds. The number of nitro groups is 1. The predicted octanol–water partition coefficient (Wildman–Crippen LogP) is 3.25. The van der Waals surface area contributed by atoms with Gasteiger partial charge in [-0.15, -0.1) is 0 Å². The molecule has 2 aromatic carbocycles. The van der Waals surface area contributed by atoms with Crippen LogP contribution in [0.3, 0.4) is 0 Å². The monoisotopic (exact) mass is 383 g/mol. The van der Waals surface area contributed by atoms with Crippen LogP contribution in [0.4, 0.5) is 11.4 Å². The molecule has 0 fully saturated rings. The van der Waals surface area contributed by atoms with Crippen LogP contribution in [0.2, 0.25) is 0 Å². The summed E-state index contributed by atoms with van der Waals surface area (Å²) in [5.74, 6) is -0.680. The van der Waals surface area contributed by atoms with Gasteiger partial charge in [-0.2, -0.15) is 5.26 Å². The highest BCUT2D eigenvalue weighted by Gasteiger charge is 2.18. The van der Waals surface area contributed by atoms with E-state index < -0.39 is 16.6 Å². The number of anilines is 1. The summed E-state index contributed by atoms with van der Waals surface area (Å²) in [4.78, 5) is 22.7. The molecule has 0 unspecified atom stereocenters. The molecule has 28 heavy (non-hydrogen) atoms. The Morgan fingerprint density at radius 3 is 2.57 bits per heavy atom. The number of methoxy groups -OCH3 is 1. The molecule has 0 aromatic heterocycles. The second-order valence-electron chi connectivity index (χ2n) is 5.42. The lowest BCUT2D eigenvalue weighted by Crippen LogP contribution is -2.13. The molecule has 0 saturated heterocycles. The van der Waals surface area contributed by atoms with Crippen molar-refractivity contribution in [3.63, 3.8) is 0 Å². The van der Waals surface area contributed by atoms with Crippen molar-refractivity contribution in [1.29, 1.82) is 5.26 Å². The Kier molecular flexibility index (Phi) is 6.54. The summed E-state index contributed by atoms with van der Waals surface area (Å²) in [6, 6.07) is 10.3. The van der Waals surface area contributed by atoms with Crippen LogP contribution in [0, 0.1) is 21.4 Å². The molecule has 0 aliphatic rings. The highest BCUT2D eigenvalue weighted by atomic mass is 16.6. The summed E-state index contributed by atoms with van der Waals surface area (Å²) in [7, 11) is 1.23. The molecule has 2 aromatic rings. The van der Waals surface area contributed by atoms with Crippen LogP contribution in [0.15, 0.2) is 42.0 Å². The summed E-state index contributed by atoms with van der Waals surface area (Å²) in [6.45, 7) is 2.35. The van der Waals surface area contributed by atoms with E-state index in [1.54, 1.807) is 30.3 Å². The molecule has 0 spiro atoms. The highest BCUT2D eigenvalue weighted by Crippen LogP contribution is 2.35. The van der Waals surface area contributed by atoms with Crippen LogP contribution in [0.5, 0.6) is 17.2 Å². The summed E-state index contributed by atoms with van der Waals surface area (Å²) in [6.07, 6.45) is 1.05. The lowest BCUT2D eigenvalue weighted by atomic mass is 10.1. The largest absolute Gasteiger partial charge is 0.504 e. The van der Waals surface area contributed by atoms with Gasteiger partial charge in [0.2, 0.25) is 0 Å². The first-order valence-corrected chi connectivity index (χ1v) is 8.11. The van der Waals surface area contributed by atoms with Crippen molar-refractivity contribution in [3.05, 3.63) is 57.6 Å². The van der Waals surface area contributed by atoms with Crippen LogP contribution in [0.25, 0.3) is 6.08 Å². The Bertz CT molecular complexity index is 961. The number of phenolic OH excluding ortho intramolecular Hbond substituents is 1. The third-order valence-corrected chi connectivity index (χ3v) is 3.61. The van der Waals surface area contributed by atoms with Gasteiger partial charge in [0, 0.05) is 17.3 Å². The number of ether oxygens (including phenoxy) is 2. The van der Waals surface area contributed by atoms with Gasteiger partial charge in [0.25, 0.3) is 11.6 Å². The van der Waals surface area contributed by atoms with Gasteiger partial charge in [0.15, 0.2) is 11.5 Å². The van der Waals surface area contributed by atoms with Crippen molar-refractivity contribution in [2.24, 2.45) is 0 Å². The van der Waals surface area contributed by atoms with Gasteiger partial charge in [-0.3, -0.25) is 14.9 Å². The average Bonchev–Trinajstić information content (AvgIpc) is 2.68. The van der Waals surface area contributed by atoms with Crippen LogP contribution < -0.4 is 14.8 Å². The van der Waals surface area contributed by atoms with E-state index in [1.165, 1.54) is 7.11 Å². The summed E-state index contributed by atoms with van der Waals surface area (Å²) in [5.41, 5.74) is -0.378. The standard InChI is InChI=1S/C19H17N3O6/c1-3-28-16-6-4-14(5-7-16)21-19(24)13(11-20)8-12-9-15(22(25)26)10-17(27-2)18(12)23/h4-10,23H,3H2,1-2H3,(H,21,24)/b13-8-. The minimum atomic E-state index is -0.739. The molecule has 9 nitrogen and oxygen atoms in total. The zero-order valence-corrected chi connectivity index (χ0v) is 15.1. The number of aromatic hydroxyl groups is 1.